The van der Waals surface area contributed by atoms with E-state index in [-0.39, 0.29) is 10.9 Å². The third-order valence-electron chi connectivity index (χ3n) is 2.03. The van der Waals surface area contributed by atoms with Gasteiger partial charge in [-0.3, -0.25) is 9.59 Å². The molecular formula is C10H17NO5S. The number of rotatable bonds is 6. The van der Waals surface area contributed by atoms with Crippen LogP contribution in [0.15, 0.2) is 0 Å². The van der Waals surface area contributed by atoms with Crippen LogP contribution in [0.25, 0.3) is 0 Å². The van der Waals surface area contributed by atoms with Crippen molar-refractivity contribution in [1.29, 1.82) is 0 Å². The van der Waals surface area contributed by atoms with Crippen LogP contribution in [0.2, 0.25) is 0 Å². The van der Waals surface area contributed by atoms with E-state index in [0.29, 0.717) is 0 Å². The first-order chi connectivity index (χ1) is 7.75. The second-order valence-corrected chi connectivity index (χ2v) is 4.97. The molecule has 0 aliphatic rings. The number of aliphatic hydroxyl groups excluding tert-OH is 1. The maximum atomic E-state index is 11.6. The molecule has 0 fully saturated rings. The van der Waals surface area contributed by atoms with Crippen LogP contribution in [0, 0.1) is 5.92 Å². The van der Waals surface area contributed by atoms with Crippen molar-refractivity contribution in [3.63, 3.8) is 0 Å². The normalized spacial score (nSPS) is 15.8. The Balaban J connectivity index is 4.31. The number of aliphatic carboxylic acids is 1. The average molecular weight is 263 g/mol. The lowest BCUT2D eigenvalue weighted by atomic mass is 10.1. The Hall–Kier alpha value is -1.08. The number of hydrogen-bond acceptors (Lipinski definition) is 5. The van der Waals surface area contributed by atoms with E-state index in [1.54, 1.807) is 6.92 Å². The van der Waals surface area contributed by atoms with E-state index < -0.39 is 29.9 Å². The number of thioether (sulfide) groups is 1. The summed E-state index contributed by atoms with van der Waals surface area (Å²) in [4.78, 5) is 33.0. The van der Waals surface area contributed by atoms with Gasteiger partial charge < -0.3 is 15.5 Å². The molecule has 0 aliphatic heterocycles. The van der Waals surface area contributed by atoms with Crippen LogP contribution in [-0.4, -0.2) is 45.1 Å². The Morgan fingerprint density at radius 1 is 1.29 bits per heavy atom. The Morgan fingerprint density at radius 2 is 1.82 bits per heavy atom. The number of aliphatic hydroxyl groups is 1. The van der Waals surface area contributed by atoms with Crippen LogP contribution in [0.5, 0.6) is 0 Å². The molecule has 0 bridgehead atoms. The summed E-state index contributed by atoms with van der Waals surface area (Å²) in [6.07, 6.45) is -1.18. The molecular weight excluding hydrogens is 246 g/mol. The summed E-state index contributed by atoms with van der Waals surface area (Å²) >= 11 is 1.00. The first-order valence-corrected chi connectivity index (χ1v) is 6.08. The standard InChI is InChI=1S/C10H17NO5S/c1-5(4-17-7(3)13)9(14)11-8(6(2)12)10(15)16/h5-6,8,12H,4H2,1-3H3,(H,11,14)(H,15,16)/t5-,6-,8+/m1/s1. The van der Waals surface area contributed by atoms with Crippen LogP contribution in [0.3, 0.4) is 0 Å². The van der Waals surface area contributed by atoms with Crippen molar-refractivity contribution in [2.24, 2.45) is 5.92 Å². The topological polar surface area (TPSA) is 104 Å². The van der Waals surface area contributed by atoms with Crippen LogP contribution in [0.4, 0.5) is 0 Å². The van der Waals surface area contributed by atoms with Gasteiger partial charge in [-0.15, -0.1) is 0 Å². The molecule has 98 valence electrons. The first kappa shape index (κ1) is 15.9. The van der Waals surface area contributed by atoms with Crippen molar-refractivity contribution >= 4 is 28.8 Å². The van der Waals surface area contributed by atoms with Crippen LogP contribution >= 0.6 is 11.8 Å². The van der Waals surface area contributed by atoms with Gasteiger partial charge in [0, 0.05) is 18.6 Å². The zero-order chi connectivity index (χ0) is 13.6. The molecule has 7 heteroatoms. The number of nitrogens with one attached hydrogen (secondary N) is 1. The van der Waals surface area contributed by atoms with E-state index in [2.05, 4.69) is 5.32 Å². The summed E-state index contributed by atoms with van der Waals surface area (Å²) in [5.41, 5.74) is 0. The minimum absolute atomic E-state index is 0.102. The average Bonchev–Trinajstić information content (AvgIpc) is 2.20. The molecule has 0 rings (SSSR count). The van der Waals surface area contributed by atoms with Crippen molar-refractivity contribution in [1.82, 2.24) is 5.32 Å². The molecule has 3 atom stereocenters. The summed E-state index contributed by atoms with van der Waals surface area (Å²) in [6.45, 7) is 4.27. The Labute approximate surface area is 104 Å². The van der Waals surface area contributed by atoms with Gasteiger partial charge >= 0.3 is 5.97 Å². The molecule has 0 heterocycles. The van der Waals surface area contributed by atoms with Crippen molar-refractivity contribution < 1.29 is 24.6 Å². The Kier molecular flexibility index (Phi) is 6.82. The van der Waals surface area contributed by atoms with Crippen molar-refractivity contribution in [3.8, 4) is 0 Å². The summed E-state index contributed by atoms with van der Waals surface area (Å²) in [7, 11) is 0. The SMILES string of the molecule is CC(=O)SC[C@@H](C)C(=O)N[C@H](C(=O)O)[C@@H](C)O. The zero-order valence-electron chi connectivity index (χ0n) is 9.97. The lowest BCUT2D eigenvalue weighted by Crippen LogP contribution is -2.49. The molecule has 0 unspecified atom stereocenters. The summed E-state index contributed by atoms with van der Waals surface area (Å²) < 4.78 is 0. The smallest absolute Gasteiger partial charge is 0.328 e. The highest BCUT2D eigenvalue weighted by Gasteiger charge is 2.26. The fraction of sp³-hybridized carbons (Fsp3) is 0.700. The molecule has 0 aromatic carbocycles. The van der Waals surface area contributed by atoms with E-state index in [4.69, 9.17) is 5.11 Å². The predicted octanol–water partition coefficient (Wildman–Crippen LogP) is -0.148. The van der Waals surface area contributed by atoms with Gasteiger partial charge in [0.1, 0.15) is 0 Å². The highest BCUT2D eigenvalue weighted by Crippen LogP contribution is 2.09. The van der Waals surface area contributed by atoms with Crippen molar-refractivity contribution in [2.45, 2.75) is 32.9 Å². The molecule has 0 radical (unpaired) electrons. The number of carboxylic acid groups (broad SMARTS) is 1. The predicted molar refractivity (Wildman–Crippen MR) is 63.6 cm³/mol. The van der Waals surface area contributed by atoms with Gasteiger partial charge in [-0.25, -0.2) is 4.79 Å². The number of carboxylic acids is 1. The third-order valence-corrected chi connectivity index (χ3v) is 3.10. The van der Waals surface area contributed by atoms with E-state index in [0.717, 1.165) is 11.8 Å². The molecule has 1 amide bonds. The summed E-state index contributed by atoms with van der Waals surface area (Å²) in [5.74, 6) is -2.00. The van der Waals surface area contributed by atoms with Gasteiger partial charge in [0.15, 0.2) is 11.2 Å². The second-order valence-electron chi connectivity index (χ2n) is 3.77. The first-order valence-electron chi connectivity index (χ1n) is 5.10. The van der Waals surface area contributed by atoms with E-state index >= 15 is 0 Å². The lowest BCUT2D eigenvalue weighted by molar-refractivity contribution is -0.145. The molecule has 0 aromatic heterocycles. The van der Waals surface area contributed by atoms with Crippen molar-refractivity contribution in [3.05, 3.63) is 0 Å². The number of amides is 1. The summed E-state index contributed by atoms with van der Waals surface area (Å²) in [5, 5.41) is 20.1. The monoisotopic (exact) mass is 263 g/mol. The molecule has 0 aromatic rings. The quantitative estimate of drug-likeness (QED) is 0.616. The van der Waals surface area contributed by atoms with Crippen LogP contribution < -0.4 is 5.32 Å². The van der Waals surface area contributed by atoms with Gasteiger partial charge in [0.05, 0.1) is 6.10 Å². The number of carbonyl (C=O) groups is 3. The molecule has 3 N–H and O–H groups in total. The maximum absolute atomic E-state index is 11.6. The fourth-order valence-corrected chi connectivity index (χ4v) is 1.64. The molecule has 0 saturated carbocycles. The molecule has 0 spiro atoms. The second kappa shape index (κ2) is 7.29. The largest absolute Gasteiger partial charge is 0.480 e. The molecule has 0 aliphatic carbocycles. The Bertz CT molecular complexity index is 305. The minimum Gasteiger partial charge on any atom is -0.480 e. The minimum atomic E-state index is -1.33. The van der Waals surface area contributed by atoms with Gasteiger partial charge in [0.25, 0.3) is 0 Å². The lowest BCUT2D eigenvalue weighted by Gasteiger charge is -2.19. The highest BCUT2D eigenvalue weighted by atomic mass is 32.2. The van der Waals surface area contributed by atoms with Crippen LogP contribution in [0.1, 0.15) is 20.8 Å². The third kappa shape index (κ3) is 6.28. The maximum Gasteiger partial charge on any atom is 0.328 e. The van der Waals surface area contributed by atoms with E-state index in [1.165, 1.54) is 13.8 Å². The highest BCUT2D eigenvalue weighted by molar-refractivity contribution is 8.13. The molecule has 6 nitrogen and oxygen atoms in total. The van der Waals surface area contributed by atoms with Gasteiger partial charge in [-0.05, 0) is 6.92 Å². The summed E-state index contributed by atoms with van der Waals surface area (Å²) in [6, 6.07) is -1.33. The van der Waals surface area contributed by atoms with E-state index in [1.807, 2.05) is 0 Å². The van der Waals surface area contributed by atoms with Gasteiger partial charge in [-0.2, -0.15) is 0 Å². The Morgan fingerprint density at radius 3 is 2.18 bits per heavy atom. The number of carbonyl (C=O) groups excluding carboxylic acids is 2. The zero-order valence-corrected chi connectivity index (χ0v) is 10.8. The van der Waals surface area contributed by atoms with Crippen molar-refractivity contribution in [2.75, 3.05) is 5.75 Å². The molecule has 0 saturated heterocycles. The van der Waals surface area contributed by atoms with Gasteiger partial charge in [-0.1, -0.05) is 18.7 Å². The molecule has 17 heavy (non-hydrogen) atoms. The van der Waals surface area contributed by atoms with Gasteiger partial charge in [0.2, 0.25) is 5.91 Å². The van der Waals surface area contributed by atoms with E-state index in [9.17, 15) is 19.5 Å². The fourth-order valence-electron chi connectivity index (χ4n) is 1.00. The van der Waals surface area contributed by atoms with Crippen LogP contribution in [-0.2, 0) is 14.4 Å². The number of hydrogen-bond donors (Lipinski definition) is 3.